The highest BCUT2D eigenvalue weighted by molar-refractivity contribution is 5.97. The van der Waals surface area contributed by atoms with Gasteiger partial charge in [0.15, 0.2) is 11.5 Å². The van der Waals surface area contributed by atoms with Crippen LogP contribution in [0, 0.1) is 5.92 Å². The highest BCUT2D eigenvalue weighted by Crippen LogP contribution is 2.38. The van der Waals surface area contributed by atoms with Crippen LogP contribution in [0.2, 0.25) is 0 Å². The molecule has 7 heteroatoms. The smallest absolute Gasteiger partial charge is 0.333 e. The van der Waals surface area contributed by atoms with Gasteiger partial charge < -0.3 is 19.7 Å². The first kappa shape index (κ1) is 15.6. The van der Waals surface area contributed by atoms with Gasteiger partial charge in [-0.1, -0.05) is 6.07 Å². The molecule has 0 fully saturated rings. The van der Waals surface area contributed by atoms with Gasteiger partial charge in [-0.25, -0.2) is 4.79 Å². The van der Waals surface area contributed by atoms with Gasteiger partial charge in [0.1, 0.15) is 5.92 Å². The first-order valence-electron chi connectivity index (χ1n) is 6.41. The van der Waals surface area contributed by atoms with E-state index in [1.165, 1.54) is 26.6 Å². The predicted octanol–water partition coefficient (Wildman–Crippen LogP) is 1.54. The van der Waals surface area contributed by atoms with Crippen molar-refractivity contribution < 1.29 is 29.3 Å². The van der Waals surface area contributed by atoms with E-state index in [1.807, 2.05) is 0 Å². The quantitative estimate of drug-likeness (QED) is 0.855. The second kappa shape index (κ2) is 6.30. The van der Waals surface area contributed by atoms with Crippen molar-refractivity contribution in [2.75, 3.05) is 14.2 Å². The number of carbonyl (C=O) groups is 2. The van der Waals surface area contributed by atoms with Crippen LogP contribution < -0.4 is 9.47 Å². The molecule has 2 N–H and O–H groups in total. The second-order valence-corrected chi connectivity index (χ2v) is 4.64. The van der Waals surface area contributed by atoms with Gasteiger partial charge in [0.25, 0.3) is 0 Å². The summed E-state index contributed by atoms with van der Waals surface area (Å²) in [6.07, 6.45) is 2.40. The van der Waals surface area contributed by atoms with Gasteiger partial charge in [0, 0.05) is 18.3 Å². The fraction of sp³-hybridized carbons (Fsp3) is 0.267. The first-order valence-corrected chi connectivity index (χ1v) is 6.41. The van der Waals surface area contributed by atoms with E-state index in [1.54, 1.807) is 18.2 Å². The number of ether oxygens (including phenoxy) is 2. The van der Waals surface area contributed by atoms with E-state index >= 15 is 0 Å². The molecule has 7 nitrogen and oxygen atoms in total. The number of hydrogen-bond donors (Lipinski definition) is 2. The van der Waals surface area contributed by atoms with Crippen LogP contribution >= 0.6 is 0 Å². The molecule has 1 aromatic rings. The van der Waals surface area contributed by atoms with E-state index in [-0.39, 0.29) is 5.57 Å². The molecule has 2 atom stereocenters. The standard InChI is InChI=1S/C15H15NO6/c1-21-11-4-3-8(5-12(11)22-2)13-9(14(17)18)6-16-7-10(13)15(19)20/h3-7,9,13H,1-2H3,(H,17,18)(H,19,20). The summed E-state index contributed by atoms with van der Waals surface area (Å²) in [6.45, 7) is 0. The Kier molecular flexibility index (Phi) is 4.45. The number of aliphatic imine (C=N–C) groups is 1. The normalized spacial score (nSPS) is 20.2. The van der Waals surface area contributed by atoms with E-state index in [9.17, 15) is 19.8 Å². The number of aliphatic carboxylic acids is 2. The number of hydrogen-bond acceptors (Lipinski definition) is 5. The summed E-state index contributed by atoms with van der Waals surface area (Å²) < 4.78 is 10.3. The van der Waals surface area contributed by atoms with Crippen molar-refractivity contribution in [3.63, 3.8) is 0 Å². The number of methoxy groups -OCH3 is 2. The van der Waals surface area contributed by atoms with Crippen LogP contribution in [0.15, 0.2) is 35.0 Å². The largest absolute Gasteiger partial charge is 0.493 e. The molecular weight excluding hydrogens is 290 g/mol. The van der Waals surface area contributed by atoms with Crippen molar-refractivity contribution in [3.05, 3.63) is 35.5 Å². The number of carboxylic acids is 2. The van der Waals surface area contributed by atoms with Crippen LogP contribution in [-0.4, -0.2) is 42.6 Å². The second-order valence-electron chi connectivity index (χ2n) is 4.64. The van der Waals surface area contributed by atoms with Crippen molar-refractivity contribution in [3.8, 4) is 11.5 Å². The SMILES string of the molecule is COc1ccc(C2C(C(=O)O)=CN=CC2C(=O)O)cc1OC. The maximum absolute atomic E-state index is 11.4. The molecule has 0 saturated carbocycles. The lowest BCUT2D eigenvalue weighted by Gasteiger charge is -2.25. The third-order valence-electron chi connectivity index (χ3n) is 3.45. The molecule has 0 aromatic heterocycles. The van der Waals surface area contributed by atoms with Crippen LogP contribution in [0.1, 0.15) is 11.5 Å². The molecule has 116 valence electrons. The highest BCUT2D eigenvalue weighted by atomic mass is 16.5. The van der Waals surface area contributed by atoms with Crippen molar-refractivity contribution >= 4 is 18.2 Å². The Morgan fingerprint density at radius 2 is 1.82 bits per heavy atom. The summed E-state index contributed by atoms with van der Waals surface area (Å²) in [7, 11) is 2.93. The Hall–Kier alpha value is -2.83. The van der Waals surface area contributed by atoms with E-state index in [4.69, 9.17) is 9.47 Å². The van der Waals surface area contributed by atoms with Crippen LogP contribution in [0.5, 0.6) is 11.5 Å². The zero-order valence-electron chi connectivity index (χ0n) is 12.0. The molecule has 0 aliphatic carbocycles. The van der Waals surface area contributed by atoms with Crippen molar-refractivity contribution in [1.82, 2.24) is 0 Å². The van der Waals surface area contributed by atoms with Crippen molar-refractivity contribution in [2.24, 2.45) is 10.9 Å². The fourth-order valence-corrected chi connectivity index (χ4v) is 2.40. The first-order chi connectivity index (χ1) is 10.5. The average molecular weight is 305 g/mol. The minimum atomic E-state index is -1.21. The van der Waals surface area contributed by atoms with Gasteiger partial charge >= 0.3 is 11.9 Å². The lowest BCUT2D eigenvalue weighted by Crippen LogP contribution is -2.29. The number of nitrogens with zero attached hydrogens (tertiary/aromatic N) is 1. The molecule has 1 heterocycles. The average Bonchev–Trinajstić information content (AvgIpc) is 2.53. The van der Waals surface area contributed by atoms with E-state index in [0.29, 0.717) is 17.1 Å². The van der Waals surface area contributed by atoms with Gasteiger partial charge in [-0.3, -0.25) is 9.79 Å². The molecule has 0 radical (unpaired) electrons. The minimum absolute atomic E-state index is 0.0814. The van der Waals surface area contributed by atoms with Crippen molar-refractivity contribution in [1.29, 1.82) is 0 Å². The number of rotatable bonds is 5. The molecule has 1 aromatic carbocycles. The molecular formula is C15H15NO6. The van der Waals surface area contributed by atoms with E-state index < -0.39 is 23.8 Å². The lowest BCUT2D eigenvalue weighted by atomic mass is 9.80. The zero-order valence-corrected chi connectivity index (χ0v) is 12.0. The Bertz CT molecular complexity index is 664. The topological polar surface area (TPSA) is 105 Å². The molecule has 0 amide bonds. The summed E-state index contributed by atoms with van der Waals surface area (Å²) in [5, 5.41) is 18.6. The van der Waals surface area contributed by atoms with Crippen molar-refractivity contribution in [2.45, 2.75) is 5.92 Å². The molecule has 0 bridgehead atoms. The number of carboxylic acid groups (broad SMARTS) is 2. The Balaban J connectivity index is 2.54. The summed E-state index contributed by atoms with van der Waals surface area (Å²) >= 11 is 0. The molecule has 2 unspecified atom stereocenters. The van der Waals surface area contributed by atoms with Crippen LogP contribution in [0.25, 0.3) is 0 Å². The molecule has 1 aliphatic heterocycles. The summed E-state index contributed by atoms with van der Waals surface area (Å²) in [5.41, 5.74) is 0.423. The summed E-state index contributed by atoms with van der Waals surface area (Å²) in [5.74, 6) is -3.39. The van der Waals surface area contributed by atoms with Gasteiger partial charge in [-0.15, -0.1) is 0 Å². The molecule has 2 rings (SSSR count). The Labute approximate surface area is 126 Å². The molecule has 0 spiro atoms. The maximum Gasteiger partial charge on any atom is 0.333 e. The van der Waals surface area contributed by atoms with Gasteiger partial charge in [-0.2, -0.15) is 0 Å². The predicted molar refractivity (Wildman–Crippen MR) is 77.6 cm³/mol. The van der Waals surface area contributed by atoms with Gasteiger partial charge in [-0.05, 0) is 17.7 Å². The number of benzene rings is 1. The van der Waals surface area contributed by atoms with E-state index in [0.717, 1.165) is 0 Å². The van der Waals surface area contributed by atoms with Crippen LogP contribution in [-0.2, 0) is 9.59 Å². The summed E-state index contributed by atoms with van der Waals surface area (Å²) in [6, 6.07) is 4.81. The molecule has 0 saturated heterocycles. The Morgan fingerprint density at radius 3 is 2.36 bits per heavy atom. The van der Waals surface area contributed by atoms with Gasteiger partial charge in [0.2, 0.25) is 0 Å². The van der Waals surface area contributed by atoms with Crippen LogP contribution in [0.4, 0.5) is 0 Å². The third-order valence-corrected chi connectivity index (χ3v) is 3.45. The summed E-state index contributed by atoms with van der Waals surface area (Å²) in [4.78, 5) is 26.5. The van der Waals surface area contributed by atoms with Gasteiger partial charge in [0.05, 0.1) is 19.8 Å². The lowest BCUT2D eigenvalue weighted by molar-refractivity contribution is -0.139. The Morgan fingerprint density at radius 1 is 1.14 bits per heavy atom. The van der Waals surface area contributed by atoms with Crippen LogP contribution in [0.3, 0.4) is 0 Å². The van der Waals surface area contributed by atoms with E-state index in [2.05, 4.69) is 4.99 Å². The zero-order chi connectivity index (χ0) is 16.3. The monoisotopic (exact) mass is 305 g/mol. The molecule has 1 aliphatic rings. The fourth-order valence-electron chi connectivity index (χ4n) is 2.40. The molecule has 22 heavy (non-hydrogen) atoms. The minimum Gasteiger partial charge on any atom is -0.493 e. The highest BCUT2D eigenvalue weighted by Gasteiger charge is 2.36. The maximum atomic E-state index is 11.4. The third kappa shape index (κ3) is 2.78.